The van der Waals surface area contributed by atoms with Crippen LogP contribution in [0.1, 0.15) is 22.8 Å². The van der Waals surface area contributed by atoms with E-state index in [1.165, 1.54) is 44.5 Å². The minimum Gasteiger partial charge on any atom is -0.508 e. The van der Waals surface area contributed by atoms with Crippen molar-refractivity contribution in [3.05, 3.63) is 53.6 Å². The molecule has 0 saturated heterocycles. The summed E-state index contributed by atoms with van der Waals surface area (Å²) in [5.41, 5.74) is 3.39. The van der Waals surface area contributed by atoms with Gasteiger partial charge < -0.3 is 14.6 Å². The number of aromatic hydroxyl groups is 1. The van der Waals surface area contributed by atoms with Crippen LogP contribution in [0.5, 0.6) is 17.2 Å². The van der Waals surface area contributed by atoms with Gasteiger partial charge in [0.1, 0.15) is 5.75 Å². The van der Waals surface area contributed by atoms with Crippen molar-refractivity contribution in [2.45, 2.75) is 6.92 Å². The Morgan fingerprint density at radius 1 is 1.12 bits per heavy atom. The van der Waals surface area contributed by atoms with Crippen molar-refractivity contribution < 1.29 is 24.2 Å². The summed E-state index contributed by atoms with van der Waals surface area (Å²) in [5.74, 6) is -0.102. The number of methoxy groups -OCH3 is 1. The third-order valence-corrected chi connectivity index (χ3v) is 2.95. The van der Waals surface area contributed by atoms with Gasteiger partial charge in [-0.1, -0.05) is 0 Å². The van der Waals surface area contributed by atoms with E-state index >= 15 is 0 Å². The number of hydrogen-bond acceptors (Lipinski definition) is 6. The molecule has 0 aliphatic rings. The van der Waals surface area contributed by atoms with Crippen LogP contribution in [-0.2, 0) is 4.79 Å². The zero-order valence-corrected chi connectivity index (χ0v) is 13.1. The summed E-state index contributed by atoms with van der Waals surface area (Å²) >= 11 is 0. The molecule has 124 valence electrons. The van der Waals surface area contributed by atoms with Gasteiger partial charge in [-0.25, -0.2) is 5.43 Å². The van der Waals surface area contributed by atoms with Gasteiger partial charge in [0.25, 0.3) is 5.91 Å². The zero-order chi connectivity index (χ0) is 17.5. The average Bonchev–Trinajstić information content (AvgIpc) is 2.56. The van der Waals surface area contributed by atoms with E-state index in [-0.39, 0.29) is 5.75 Å². The molecule has 0 fully saturated rings. The third-order valence-electron chi connectivity index (χ3n) is 2.95. The number of benzene rings is 2. The van der Waals surface area contributed by atoms with E-state index in [0.717, 1.165) is 0 Å². The summed E-state index contributed by atoms with van der Waals surface area (Å²) in [7, 11) is 1.45. The average molecular weight is 328 g/mol. The molecular weight excluding hydrogens is 312 g/mol. The Kier molecular flexibility index (Phi) is 5.51. The van der Waals surface area contributed by atoms with Crippen molar-refractivity contribution >= 4 is 18.1 Å². The highest BCUT2D eigenvalue weighted by atomic mass is 16.6. The Bertz CT molecular complexity index is 769. The molecule has 0 unspecified atom stereocenters. The molecule has 0 heterocycles. The van der Waals surface area contributed by atoms with E-state index in [4.69, 9.17) is 9.47 Å². The lowest BCUT2D eigenvalue weighted by Gasteiger charge is -2.08. The topological polar surface area (TPSA) is 97.2 Å². The molecule has 0 spiro atoms. The summed E-state index contributed by atoms with van der Waals surface area (Å²) in [6.07, 6.45) is 1.43. The molecule has 2 N–H and O–H groups in total. The van der Waals surface area contributed by atoms with E-state index in [1.807, 2.05) is 0 Å². The number of esters is 1. The number of amides is 1. The molecule has 0 atom stereocenters. The summed E-state index contributed by atoms with van der Waals surface area (Å²) in [5, 5.41) is 13.0. The smallest absolute Gasteiger partial charge is 0.308 e. The number of carbonyl (C=O) groups excluding carboxylic acids is 2. The van der Waals surface area contributed by atoms with Crippen LogP contribution in [0.25, 0.3) is 0 Å². The van der Waals surface area contributed by atoms with Crippen LogP contribution in [0.3, 0.4) is 0 Å². The number of nitrogens with one attached hydrogen (secondary N) is 1. The highest BCUT2D eigenvalue weighted by molar-refractivity contribution is 5.95. The van der Waals surface area contributed by atoms with Gasteiger partial charge >= 0.3 is 5.97 Å². The van der Waals surface area contributed by atoms with Crippen molar-refractivity contribution in [2.75, 3.05) is 7.11 Å². The number of carbonyl (C=O) groups is 2. The first-order valence-corrected chi connectivity index (χ1v) is 6.98. The van der Waals surface area contributed by atoms with Crippen LogP contribution < -0.4 is 14.9 Å². The fourth-order valence-electron chi connectivity index (χ4n) is 1.85. The first-order valence-electron chi connectivity index (χ1n) is 6.98. The SMILES string of the molecule is COc1cc(/C=N/NC(=O)c2ccc(O)cc2)ccc1OC(C)=O. The van der Waals surface area contributed by atoms with E-state index in [0.29, 0.717) is 22.6 Å². The van der Waals surface area contributed by atoms with Gasteiger partial charge in [-0.05, 0) is 48.0 Å². The first-order chi connectivity index (χ1) is 11.5. The highest BCUT2D eigenvalue weighted by Crippen LogP contribution is 2.27. The Morgan fingerprint density at radius 3 is 2.46 bits per heavy atom. The Labute approximate surface area is 138 Å². The molecule has 24 heavy (non-hydrogen) atoms. The maximum Gasteiger partial charge on any atom is 0.308 e. The standard InChI is InChI=1S/C17H16N2O5/c1-11(20)24-15-8-3-12(9-16(15)23-2)10-18-19-17(22)13-4-6-14(21)7-5-13/h3-10,21H,1-2H3,(H,19,22)/b18-10+. The number of hydrazone groups is 1. The second-order valence-corrected chi connectivity index (χ2v) is 4.75. The minimum atomic E-state index is -0.448. The second-order valence-electron chi connectivity index (χ2n) is 4.75. The molecule has 0 saturated carbocycles. The molecule has 1 amide bonds. The van der Waals surface area contributed by atoms with E-state index < -0.39 is 11.9 Å². The Balaban J connectivity index is 2.04. The molecule has 7 heteroatoms. The van der Waals surface area contributed by atoms with Crippen molar-refractivity contribution in [3.8, 4) is 17.2 Å². The van der Waals surface area contributed by atoms with Crippen LogP contribution >= 0.6 is 0 Å². The molecule has 0 radical (unpaired) electrons. The fourth-order valence-corrected chi connectivity index (χ4v) is 1.85. The first kappa shape index (κ1) is 17.0. The number of phenolic OH excluding ortho intramolecular Hbond substituents is 1. The van der Waals surface area contributed by atoms with E-state index in [1.54, 1.807) is 18.2 Å². The van der Waals surface area contributed by atoms with Gasteiger partial charge in [-0.15, -0.1) is 0 Å². The van der Waals surface area contributed by atoms with Crippen LogP contribution in [0, 0.1) is 0 Å². The molecule has 0 aromatic heterocycles. The third kappa shape index (κ3) is 4.57. The van der Waals surface area contributed by atoms with Crippen LogP contribution in [-0.4, -0.2) is 30.3 Å². The Hall–Kier alpha value is -3.35. The summed E-state index contributed by atoms with van der Waals surface area (Å²) in [4.78, 5) is 22.9. The summed E-state index contributed by atoms with van der Waals surface area (Å²) in [6, 6.07) is 10.7. The van der Waals surface area contributed by atoms with Crippen molar-refractivity contribution in [1.29, 1.82) is 0 Å². The predicted molar refractivity (Wildman–Crippen MR) is 87.5 cm³/mol. The fraction of sp³-hybridized carbons (Fsp3) is 0.118. The van der Waals surface area contributed by atoms with Gasteiger partial charge in [0.15, 0.2) is 11.5 Å². The number of hydrogen-bond donors (Lipinski definition) is 2. The molecule has 2 rings (SSSR count). The van der Waals surface area contributed by atoms with Crippen LogP contribution in [0.2, 0.25) is 0 Å². The maximum atomic E-state index is 11.9. The van der Waals surface area contributed by atoms with E-state index in [9.17, 15) is 14.7 Å². The van der Waals surface area contributed by atoms with Crippen molar-refractivity contribution in [2.24, 2.45) is 5.10 Å². The van der Waals surface area contributed by atoms with Gasteiger partial charge in [0.05, 0.1) is 13.3 Å². The lowest BCUT2D eigenvalue weighted by Crippen LogP contribution is -2.17. The quantitative estimate of drug-likeness (QED) is 0.379. The number of phenols is 1. The zero-order valence-electron chi connectivity index (χ0n) is 13.1. The minimum absolute atomic E-state index is 0.0787. The number of nitrogens with zero attached hydrogens (tertiary/aromatic N) is 1. The molecule has 7 nitrogen and oxygen atoms in total. The number of ether oxygens (including phenoxy) is 2. The van der Waals surface area contributed by atoms with Gasteiger partial charge in [0.2, 0.25) is 0 Å². The largest absolute Gasteiger partial charge is 0.508 e. The molecule has 0 aliphatic heterocycles. The maximum absolute atomic E-state index is 11.9. The van der Waals surface area contributed by atoms with Gasteiger partial charge in [0, 0.05) is 12.5 Å². The van der Waals surface area contributed by atoms with Gasteiger partial charge in [-0.2, -0.15) is 5.10 Å². The molecule has 2 aromatic rings. The van der Waals surface area contributed by atoms with Crippen LogP contribution in [0.15, 0.2) is 47.6 Å². The van der Waals surface area contributed by atoms with E-state index in [2.05, 4.69) is 10.5 Å². The molecule has 0 aliphatic carbocycles. The summed E-state index contributed by atoms with van der Waals surface area (Å²) < 4.78 is 10.1. The monoisotopic (exact) mass is 328 g/mol. The second kappa shape index (κ2) is 7.77. The number of rotatable bonds is 5. The normalized spacial score (nSPS) is 10.4. The molecular formula is C17H16N2O5. The Morgan fingerprint density at radius 2 is 1.83 bits per heavy atom. The lowest BCUT2D eigenvalue weighted by atomic mass is 10.2. The molecule has 0 bridgehead atoms. The lowest BCUT2D eigenvalue weighted by molar-refractivity contribution is -0.132. The van der Waals surface area contributed by atoms with Crippen molar-refractivity contribution in [3.63, 3.8) is 0 Å². The molecule has 2 aromatic carbocycles. The summed E-state index contributed by atoms with van der Waals surface area (Å²) in [6.45, 7) is 1.30. The van der Waals surface area contributed by atoms with Crippen molar-refractivity contribution in [1.82, 2.24) is 5.43 Å². The van der Waals surface area contributed by atoms with Crippen LogP contribution in [0.4, 0.5) is 0 Å². The van der Waals surface area contributed by atoms with Gasteiger partial charge in [-0.3, -0.25) is 9.59 Å². The predicted octanol–water partition coefficient (Wildman–Crippen LogP) is 2.09. The highest BCUT2D eigenvalue weighted by Gasteiger charge is 2.07.